The summed E-state index contributed by atoms with van der Waals surface area (Å²) in [6.45, 7) is 3.93. The Hall–Kier alpha value is -1.54. The van der Waals surface area contributed by atoms with E-state index in [9.17, 15) is 5.11 Å². The van der Waals surface area contributed by atoms with Crippen molar-refractivity contribution in [3.05, 3.63) is 59.0 Å². The van der Waals surface area contributed by atoms with Gasteiger partial charge in [-0.25, -0.2) is 0 Å². The number of aryl methyl sites for hydroxylation is 2. The third-order valence-corrected chi connectivity index (χ3v) is 2.51. The van der Waals surface area contributed by atoms with Crippen LogP contribution < -0.4 is 0 Å². The van der Waals surface area contributed by atoms with Crippen LogP contribution in [0.2, 0.25) is 0 Å². The summed E-state index contributed by atoms with van der Waals surface area (Å²) >= 11 is 0. The standard InChI is InChI=1S/C13H14O2/c1-9-4-3-5-11(8-9)12(14)13-10(2)6-7-15-13/h3-8,12,14H,1-2H3. The fourth-order valence-corrected chi connectivity index (χ4v) is 1.66. The molecule has 1 heterocycles. The van der Waals surface area contributed by atoms with Gasteiger partial charge in [-0.2, -0.15) is 0 Å². The fraction of sp³-hybridized carbons (Fsp3) is 0.231. The van der Waals surface area contributed by atoms with Crippen LogP contribution in [0.3, 0.4) is 0 Å². The molecule has 15 heavy (non-hydrogen) atoms. The summed E-state index contributed by atoms with van der Waals surface area (Å²) in [6.07, 6.45) is 0.934. The van der Waals surface area contributed by atoms with E-state index in [1.54, 1.807) is 6.26 Å². The van der Waals surface area contributed by atoms with Crippen molar-refractivity contribution in [2.45, 2.75) is 20.0 Å². The summed E-state index contributed by atoms with van der Waals surface area (Å²) in [4.78, 5) is 0. The molecule has 2 heteroatoms. The predicted octanol–water partition coefficient (Wildman–Crippen LogP) is 2.98. The maximum atomic E-state index is 10.1. The van der Waals surface area contributed by atoms with Crippen LogP contribution in [0.15, 0.2) is 41.0 Å². The van der Waals surface area contributed by atoms with Crippen LogP contribution in [-0.4, -0.2) is 5.11 Å². The molecule has 0 bridgehead atoms. The molecule has 0 aliphatic heterocycles. The first-order valence-electron chi connectivity index (χ1n) is 4.97. The first-order valence-corrected chi connectivity index (χ1v) is 4.97. The molecule has 0 aliphatic rings. The highest BCUT2D eigenvalue weighted by Crippen LogP contribution is 2.25. The Morgan fingerprint density at radius 3 is 2.60 bits per heavy atom. The van der Waals surface area contributed by atoms with Gasteiger partial charge in [0, 0.05) is 0 Å². The Morgan fingerprint density at radius 1 is 1.20 bits per heavy atom. The van der Waals surface area contributed by atoms with Crippen molar-refractivity contribution >= 4 is 0 Å². The SMILES string of the molecule is Cc1cccc(C(O)c2occc2C)c1. The number of furan rings is 1. The smallest absolute Gasteiger partial charge is 0.139 e. The molecule has 0 saturated heterocycles. The number of benzene rings is 1. The number of aliphatic hydroxyl groups is 1. The molecular weight excluding hydrogens is 188 g/mol. The van der Waals surface area contributed by atoms with Crippen LogP contribution in [0.1, 0.15) is 28.6 Å². The van der Waals surface area contributed by atoms with Crippen molar-refractivity contribution < 1.29 is 9.52 Å². The van der Waals surface area contributed by atoms with Gasteiger partial charge in [0.15, 0.2) is 0 Å². The summed E-state index contributed by atoms with van der Waals surface area (Å²) in [7, 11) is 0. The molecule has 2 rings (SSSR count). The Labute approximate surface area is 89.2 Å². The summed E-state index contributed by atoms with van der Waals surface area (Å²) < 4.78 is 5.27. The van der Waals surface area contributed by atoms with Crippen LogP contribution >= 0.6 is 0 Å². The van der Waals surface area contributed by atoms with Gasteiger partial charge < -0.3 is 9.52 Å². The van der Waals surface area contributed by atoms with Gasteiger partial charge in [-0.3, -0.25) is 0 Å². The van der Waals surface area contributed by atoms with Crippen LogP contribution in [-0.2, 0) is 0 Å². The second-order valence-corrected chi connectivity index (χ2v) is 3.78. The summed E-state index contributed by atoms with van der Waals surface area (Å²) in [5, 5.41) is 10.1. The van der Waals surface area contributed by atoms with E-state index in [-0.39, 0.29) is 0 Å². The number of hydrogen-bond donors (Lipinski definition) is 1. The molecule has 0 spiro atoms. The lowest BCUT2D eigenvalue weighted by Crippen LogP contribution is -1.99. The third kappa shape index (κ3) is 1.95. The largest absolute Gasteiger partial charge is 0.466 e. The van der Waals surface area contributed by atoms with E-state index in [1.165, 1.54) is 0 Å². The van der Waals surface area contributed by atoms with E-state index < -0.39 is 6.10 Å². The van der Waals surface area contributed by atoms with E-state index in [1.807, 2.05) is 44.2 Å². The minimum absolute atomic E-state index is 0.626. The zero-order valence-electron chi connectivity index (χ0n) is 8.90. The van der Waals surface area contributed by atoms with Gasteiger partial charge in [-0.05, 0) is 31.0 Å². The number of aliphatic hydroxyl groups excluding tert-OH is 1. The van der Waals surface area contributed by atoms with Gasteiger partial charge in [-0.15, -0.1) is 0 Å². The Balaban J connectivity index is 2.36. The van der Waals surface area contributed by atoms with Gasteiger partial charge in [0.25, 0.3) is 0 Å². The molecule has 1 aromatic heterocycles. The first kappa shape index (κ1) is 9.99. The molecule has 2 nitrogen and oxygen atoms in total. The quantitative estimate of drug-likeness (QED) is 0.812. The predicted molar refractivity (Wildman–Crippen MR) is 58.7 cm³/mol. The molecule has 1 unspecified atom stereocenters. The van der Waals surface area contributed by atoms with E-state index in [0.717, 1.165) is 16.7 Å². The normalized spacial score (nSPS) is 12.7. The van der Waals surface area contributed by atoms with E-state index in [4.69, 9.17) is 4.42 Å². The van der Waals surface area contributed by atoms with E-state index >= 15 is 0 Å². The van der Waals surface area contributed by atoms with Crippen molar-refractivity contribution in [1.29, 1.82) is 0 Å². The van der Waals surface area contributed by atoms with Crippen LogP contribution in [0.4, 0.5) is 0 Å². The van der Waals surface area contributed by atoms with Crippen LogP contribution in [0.5, 0.6) is 0 Å². The zero-order chi connectivity index (χ0) is 10.8. The van der Waals surface area contributed by atoms with Crippen molar-refractivity contribution in [3.8, 4) is 0 Å². The number of hydrogen-bond acceptors (Lipinski definition) is 2. The zero-order valence-corrected chi connectivity index (χ0v) is 8.90. The third-order valence-electron chi connectivity index (χ3n) is 2.51. The van der Waals surface area contributed by atoms with Crippen LogP contribution in [0.25, 0.3) is 0 Å². The summed E-state index contributed by atoms with van der Waals surface area (Å²) in [5.41, 5.74) is 2.98. The molecular formula is C13H14O2. The van der Waals surface area contributed by atoms with Crippen LogP contribution in [0, 0.1) is 13.8 Å². The molecule has 2 aromatic rings. The summed E-state index contributed by atoms with van der Waals surface area (Å²) in [6, 6.07) is 9.66. The fourth-order valence-electron chi connectivity index (χ4n) is 1.66. The average molecular weight is 202 g/mol. The maximum Gasteiger partial charge on any atom is 0.139 e. The molecule has 1 atom stereocenters. The van der Waals surface area contributed by atoms with Crippen molar-refractivity contribution in [3.63, 3.8) is 0 Å². The Kier molecular flexibility index (Phi) is 2.60. The molecule has 0 aliphatic carbocycles. The van der Waals surface area contributed by atoms with Gasteiger partial charge in [0.05, 0.1) is 6.26 Å². The highest BCUT2D eigenvalue weighted by Gasteiger charge is 2.15. The molecule has 0 fully saturated rings. The Morgan fingerprint density at radius 2 is 2.00 bits per heavy atom. The second-order valence-electron chi connectivity index (χ2n) is 3.78. The lowest BCUT2D eigenvalue weighted by atomic mass is 10.0. The topological polar surface area (TPSA) is 33.4 Å². The average Bonchev–Trinajstić information content (AvgIpc) is 2.63. The second kappa shape index (κ2) is 3.91. The Bertz CT molecular complexity index is 457. The highest BCUT2D eigenvalue weighted by molar-refractivity contribution is 5.31. The maximum absolute atomic E-state index is 10.1. The van der Waals surface area contributed by atoms with Gasteiger partial charge in [0.1, 0.15) is 11.9 Å². The lowest BCUT2D eigenvalue weighted by Gasteiger charge is -2.09. The van der Waals surface area contributed by atoms with Crippen molar-refractivity contribution in [1.82, 2.24) is 0 Å². The molecule has 0 amide bonds. The summed E-state index contributed by atoms with van der Waals surface area (Å²) in [5.74, 6) is 0.626. The molecule has 0 radical (unpaired) electrons. The monoisotopic (exact) mass is 202 g/mol. The molecule has 78 valence electrons. The highest BCUT2D eigenvalue weighted by atomic mass is 16.4. The van der Waals surface area contributed by atoms with Gasteiger partial charge in [-0.1, -0.05) is 29.8 Å². The van der Waals surface area contributed by atoms with E-state index in [0.29, 0.717) is 5.76 Å². The van der Waals surface area contributed by atoms with Gasteiger partial charge in [0.2, 0.25) is 0 Å². The van der Waals surface area contributed by atoms with Crippen molar-refractivity contribution in [2.24, 2.45) is 0 Å². The van der Waals surface area contributed by atoms with E-state index in [2.05, 4.69) is 0 Å². The minimum Gasteiger partial charge on any atom is -0.466 e. The van der Waals surface area contributed by atoms with Crippen molar-refractivity contribution in [2.75, 3.05) is 0 Å². The minimum atomic E-state index is -0.667. The first-order chi connectivity index (χ1) is 7.18. The molecule has 1 N–H and O–H groups in total. The van der Waals surface area contributed by atoms with Gasteiger partial charge >= 0.3 is 0 Å². The molecule has 0 saturated carbocycles. The number of rotatable bonds is 2. The molecule has 1 aromatic carbocycles. The lowest BCUT2D eigenvalue weighted by molar-refractivity contribution is 0.188.